The summed E-state index contributed by atoms with van der Waals surface area (Å²) in [5, 5.41) is 11.0. The molecule has 0 aliphatic carbocycles. The van der Waals surface area contributed by atoms with Gasteiger partial charge in [-0.15, -0.1) is 10.2 Å². The van der Waals surface area contributed by atoms with Crippen molar-refractivity contribution in [3.63, 3.8) is 0 Å². The van der Waals surface area contributed by atoms with Gasteiger partial charge >= 0.3 is 0 Å². The second kappa shape index (κ2) is 4.90. The lowest BCUT2D eigenvalue weighted by atomic mass is 10.0. The van der Waals surface area contributed by atoms with Crippen molar-refractivity contribution in [2.75, 3.05) is 7.05 Å². The van der Waals surface area contributed by atoms with Crippen LogP contribution in [0.2, 0.25) is 0 Å². The Labute approximate surface area is 94.7 Å². The second-order valence-corrected chi connectivity index (χ2v) is 3.70. The molecule has 0 aliphatic rings. The molecule has 0 bridgehead atoms. The average molecular weight is 217 g/mol. The number of hydrogen-bond acceptors (Lipinski definition) is 4. The predicted octanol–water partition coefficient (Wildman–Crippen LogP) is 1.94. The first-order valence-electron chi connectivity index (χ1n) is 5.33. The Balaban J connectivity index is 2.17. The maximum absolute atomic E-state index is 5.56. The molecule has 0 amide bonds. The van der Waals surface area contributed by atoms with E-state index in [1.807, 2.05) is 25.2 Å². The Bertz CT molecular complexity index is 439. The molecule has 0 saturated heterocycles. The summed E-state index contributed by atoms with van der Waals surface area (Å²) < 4.78 is 5.56. The fraction of sp³-hybridized carbons (Fsp3) is 0.333. The highest BCUT2D eigenvalue weighted by Gasteiger charge is 2.15. The van der Waals surface area contributed by atoms with Crippen molar-refractivity contribution in [3.05, 3.63) is 47.7 Å². The third-order valence-corrected chi connectivity index (χ3v) is 2.48. The van der Waals surface area contributed by atoms with Crippen LogP contribution in [-0.4, -0.2) is 17.2 Å². The maximum Gasteiger partial charge on any atom is 0.230 e. The molecule has 84 valence electrons. The molecule has 1 atom stereocenters. The third kappa shape index (κ3) is 2.28. The molecule has 2 rings (SSSR count). The van der Waals surface area contributed by atoms with E-state index in [9.17, 15) is 0 Å². The summed E-state index contributed by atoms with van der Waals surface area (Å²) in [4.78, 5) is 0. The summed E-state index contributed by atoms with van der Waals surface area (Å²) in [6, 6.07) is 10.1. The van der Waals surface area contributed by atoms with Crippen LogP contribution in [0.25, 0.3) is 0 Å². The van der Waals surface area contributed by atoms with E-state index in [2.05, 4.69) is 34.6 Å². The minimum atomic E-state index is 0.138. The van der Waals surface area contributed by atoms with E-state index < -0.39 is 0 Å². The number of nitrogens with one attached hydrogen (secondary N) is 1. The number of benzene rings is 1. The fourth-order valence-electron chi connectivity index (χ4n) is 1.55. The van der Waals surface area contributed by atoms with Crippen LogP contribution in [0.5, 0.6) is 0 Å². The molecular weight excluding hydrogens is 202 g/mol. The first-order valence-corrected chi connectivity index (χ1v) is 5.33. The lowest BCUT2D eigenvalue weighted by Crippen LogP contribution is -2.04. The van der Waals surface area contributed by atoms with Crippen molar-refractivity contribution < 1.29 is 4.42 Å². The Morgan fingerprint density at radius 3 is 2.69 bits per heavy atom. The molecule has 0 aliphatic heterocycles. The van der Waals surface area contributed by atoms with Crippen LogP contribution in [0.1, 0.15) is 30.2 Å². The molecule has 1 aromatic heterocycles. The van der Waals surface area contributed by atoms with E-state index in [0.29, 0.717) is 18.3 Å². The zero-order valence-corrected chi connectivity index (χ0v) is 9.47. The standard InChI is InChI=1S/C12H15N3O/c1-9(10-6-4-3-5-7-10)12-15-14-11(16-12)8-13-2/h3-7,9,13H,8H2,1-2H3. The van der Waals surface area contributed by atoms with E-state index in [4.69, 9.17) is 4.42 Å². The maximum atomic E-state index is 5.56. The van der Waals surface area contributed by atoms with Gasteiger partial charge < -0.3 is 9.73 Å². The molecule has 1 N–H and O–H groups in total. The lowest BCUT2D eigenvalue weighted by molar-refractivity contribution is 0.430. The van der Waals surface area contributed by atoms with Gasteiger partial charge in [0.25, 0.3) is 0 Å². The van der Waals surface area contributed by atoms with Crippen molar-refractivity contribution in [1.29, 1.82) is 0 Å². The zero-order chi connectivity index (χ0) is 11.4. The summed E-state index contributed by atoms with van der Waals surface area (Å²) in [6.07, 6.45) is 0. The topological polar surface area (TPSA) is 51.0 Å². The lowest BCUT2D eigenvalue weighted by Gasteiger charge is -2.05. The molecular formula is C12H15N3O. The highest BCUT2D eigenvalue weighted by atomic mass is 16.4. The van der Waals surface area contributed by atoms with Crippen LogP contribution in [-0.2, 0) is 6.54 Å². The first-order chi connectivity index (χ1) is 7.81. The number of hydrogen-bond donors (Lipinski definition) is 1. The largest absolute Gasteiger partial charge is 0.423 e. The van der Waals surface area contributed by atoms with Crippen LogP contribution in [0.15, 0.2) is 34.7 Å². The molecule has 1 aromatic carbocycles. The minimum absolute atomic E-state index is 0.138. The Morgan fingerprint density at radius 2 is 2.00 bits per heavy atom. The molecule has 1 unspecified atom stereocenters. The molecule has 4 nitrogen and oxygen atoms in total. The SMILES string of the molecule is CNCc1nnc(C(C)c2ccccc2)o1. The highest BCUT2D eigenvalue weighted by Crippen LogP contribution is 2.22. The summed E-state index contributed by atoms with van der Waals surface area (Å²) in [6.45, 7) is 2.67. The Hall–Kier alpha value is -1.68. The van der Waals surface area contributed by atoms with E-state index in [0.717, 1.165) is 0 Å². The molecule has 16 heavy (non-hydrogen) atoms. The van der Waals surface area contributed by atoms with Gasteiger partial charge in [-0.3, -0.25) is 0 Å². The van der Waals surface area contributed by atoms with Crippen molar-refractivity contribution in [2.45, 2.75) is 19.4 Å². The number of nitrogens with zero attached hydrogens (tertiary/aromatic N) is 2. The molecule has 0 saturated carbocycles. The Morgan fingerprint density at radius 1 is 1.25 bits per heavy atom. The van der Waals surface area contributed by atoms with Crippen LogP contribution >= 0.6 is 0 Å². The quantitative estimate of drug-likeness (QED) is 0.850. The van der Waals surface area contributed by atoms with Crippen molar-refractivity contribution >= 4 is 0 Å². The summed E-state index contributed by atoms with van der Waals surface area (Å²) in [7, 11) is 1.85. The van der Waals surface area contributed by atoms with E-state index in [1.54, 1.807) is 0 Å². The van der Waals surface area contributed by atoms with Gasteiger partial charge in [0.05, 0.1) is 12.5 Å². The summed E-state index contributed by atoms with van der Waals surface area (Å²) >= 11 is 0. The molecule has 4 heteroatoms. The van der Waals surface area contributed by atoms with E-state index in [-0.39, 0.29) is 5.92 Å². The zero-order valence-electron chi connectivity index (χ0n) is 9.47. The van der Waals surface area contributed by atoms with Crippen LogP contribution in [0.3, 0.4) is 0 Å². The molecule has 0 radical (unpaired) electrons. The van der Waals surface area contributed by atoms with Gasteiger partial charge in [-0.2, -0.15) is 0 Å². The molecule has 0 fully saturated rings. The van der Waals surface area contributed by atoms with Crippen LogP contribution in [0.4, 0.5) is 0 Å². The molecule has 0 spiro atoms. The smallest absolute Gasteiger partial charge is 0.230 e. The van der Waals surface area contributed by atoms with Gasteiger partial charge in [-0.1, -0.05) is 30.3 Å². The van der Waals surface area contributed by atoms with Crippen molar-refractivity contribution in [3.8, 4) is 0 Å². The van der Waals surface area contributed by atoms with Gasteiger partial charge in [-0.25, -0.2) is 0 Å². The van der Waals surface area contributed by atoms with Crippen molar-refractivity contribution in [2.24, 2.45) is 0 Å². The third-order valence-electron chi connectivity index (χ3n) is 2.48. The van der Waals surface area contributed by atoms with Gasteiger partial charge in [0, 0.05) is 0 Å². The van der Waals surface area contributed by atoms with Gasteiger partial charge in [-0.05, 0) is 19.5 Å². The highest BCUT2D eigenvalue weighted by molar-refractivity contribution is 5.23. The van der Waals surface area contributed by atoms with Crippen LogP contribution in [0, 0.1) is 0 Å². The summed E-state index contributed by atoms with van der Waals surface area (Å²) in [5.41, 5.74) is 1.18. The first kappa shape index (κ1) is 10.8. The molecule has 1 heterocycles. The average Bonchev–Trinajstić information content (AvgIpc) is 2.78. The number of rotatable bonds is 4. The second-order valence-electron chi connectivity index (χ2n) is 3.70. The summed E-state index contributed by atoms with van der Waals surface area (Å²) in [5.74, 6) is 1.43. The molecule has 2 aromatic rings. The van der Waals surface area contributed by atoms with Crippen molar-refractivity contribution in [1.82, 2.24) is 15.5 Å². The van der Waals surface area contributed by atoms with Gasteiger partial charge in [0.1, 0.15) is 0 Å². The van der Waals surface area contributed by atoms with Gasteiger partial charge in [0.15, 0.2) is 0 Å². The van der Waals surface area contributed by atoms with Gasteiger partial charge in [0.2, 0.25) is 11.8 Å². The van der Waals surface area contributed by atoms with E-state index >= 15 is 0 Å². The van der Waals surface area contributed by atoms with Crippen LogP contribution < -0.4 is 5.32 Å². The van der Waals surface area contributed by atoms with E-state index in [1.165, 1.54) is 5.56 Å². The number of aromatic nitrogens is 2. The minimum Gasteiger partial charge on any atom is -0.423 e. The Kier molecular flexibility index (Phi) is 3.31. The predicted molar refractivity (Wildman–Crippen MR) is 61.0 cm³/mol. The monoisotopic (exact) mass is 217 g/mol. The normalized spacial score (nSPS) is 12.6. The fourth-order valence-corrected chi connectivity index (χ4v) is 1.55.